The second-order valence-electron chi connectivity index (χ2n) is 4.91. The van der Waals surface area contributed by atoms with E-state index in [9.17, 15) is 10.2 Å². The van der Waals surface area contributed by atoms with Gasteiger partial charge in [0.15, 0.2) is 0 Å². The number of rotatable bonds is 8. The Morgan fingerprint density at radius 1 is 1.06 bits per heavy atom. The van der Waals surface area contributed by atoms with Gasteiger partial charge in [-0.25, -0.2) is 0 Å². The van der Waals surface area contributed by atoms with Crippen LogP contribution >= 0.6 is 0 Å². The van der Waals surface area contributed by atoms with Crippen LogP contribution in [-0.2, 0) is 9.47 Å². The fourth-order valence-corrected chi connectivity index (χ4v) is 1.96. The number of hydrogen-bond acceptors (Lipinski definition) is 5. The summed E-state index contributed by atoms with van der Waals surface area (Å²) in [5.41, 5.74) is 0. The third-order valence-electron chi connectivity index (χ3n) is 2.92. The van der Waals surface area contributed by atoms with E-state index in [1.54, 1.807) is 0 Å². The van der Waals surface area contributed by atoms with Crippen molar-refractivity contribution in [3.05, 3.63) is 0 Å². The van der Waals surface area contributed by atoms with Crippen LogP contribution in [0.4, 0.5) is 0 Å². The molecule has 0 aliphatic carbocycles. The molecule has 94 valence electrons. The molecular formula is C11H21NO4. The highest BCUT2D eigenvalue weighted by molar-refractivity contribution is 4.78. The SMILES string of the molecule is CN(CC(O)CC1CO1)CC(O)CC1CO1. The molecule has 2 saturated heterocycles. The second kappa shape index (κ2) is 5.42. The van der Waals surface area contributed by atoms with Crippen molar-refractivity contribution in [2.45, 2.75) is 37.3 Å². The summed E-state index contributed by atoms with van der Waals surface area (Å²) in [6.45, 7) is 2.73. The summed E-state index contributed by atoms with van der Waals surface area (Å²) in [6.07, 6.45) is 1.20. The van der Waals surface area contributed by atoms with Crippen molar-refractivity contribution in [2.75, 3.05) is 33.4 Å². The van der Waals surface area contributed by atoms with Crippen molar-refractivity contribution < 1.29 is 19.7 Å². The van der Waals surface area contributed by atoms with Crippen molar-refractivity contribution in [3.8, 4) is 0 Å². The first-order chi connectivity index (χ1) is 7.63. The standard InChI is InChI=1S/C11H21NO4/c1-12(4-8(13)2-10-6-15-10)5-9(14)3-11-7-16-11/h8-11,13-14H,2-7H2,1H3. The maximum atomic E-state index is 9.71. The minimum Gasteiger partial charge on any atom is -0.392 e. The molecule has 2 N–H and O–H groups in total. The second-order valence-corrected chi connectivity index (χ2v) is 4.91. The van der Waals surface area contributed by atoms with E-state index in [2.05, 4.69) is 0 Å². The largest absolute Gasteiger partial charge is 0.392 e. The van der Waals surface area contributed by atoms with Gasteiger partial charge in [0, 0.05) is 25.9 Å². The monoisotopic (exact) mass is 231 g/mol. The first-order valence-electron chi connectivity index (χ1n) is 5.91. The number of aliphatic hydroxyl groups excluding tert-OH is 2. The van der Waals surface area contributed by atoms with Crippen LogP contribution in [0.3, 0.4) is 0 Å². The van der Waals surface area contributed by atoms with Crippen molar-refractivity contribution >= 4 is 0 Å². The third kappa shape index (κ3) is 4.76. The van der Waals surface area contributed by atoms with Crippen molar-refractivity contribution in [2.24, 2.45) is 0 Å². The average molecular weight is 231 g/mol. The first-order valence-corrected chi connectivity index (χ1v) is 5.91. The highest BCUT2D eigenvalue weighted by Gasteiger charge is 2.28. The molecule has 2 aliphatic heterocycles. The van der Waals surface area contributed by atoms with Gasteiger partial charge in [-0.15, -0.1) is 0 Å². The van der Waals surface area contributed by atoms with Gasteiger partial charge in [-0.2, -0.15) is 0 Å². The van der Waals surface area contributed by atoms with Crippen LogP contribution in [0, 0.1) is 0 Å². The number of ether oxygens (including phenoxy) is 2. The molecule has 2 fully saturated rings. The van der Waals surface area contributed by atoms with Gasteiger partial charge in [-0.3, -0.25) is 0 Å². The van der Waals surface area contributed by atoms with Crippen LogP contribution in [0.5, 0.6) is 0 Å². The lowest BCUT2D eigenvalue weighted by molar-refractivity contribution is 0.0694. The number of nitrogens with zero attached hydrogens (tertiary/aromatic N) is 1. The molecular weight excluding hydrogens is 210 g/mol. The molecule has 2 heterocycles. The van der Waals surface area contributed by atoms with E-state index in [1.807, 2.05) is 11.9 Å². The Morgan fingerprint density at radius 2 is 1.44 bits per heavy atom. The molecule has 0 saturated carbocycles. The predicted octanol–water partition coefficient (Wildman–Crippen LogP) is -0.782. The molecule has 2 rings (SSSR count). The molecule has 4 atom stereocenters. The molecule has 0 aromatic carbocycles. The molecule has 5 heteroatoms. The average Bonchev–Trinajstić information content (AvgIpc) is 2.98. The van der Waals surface area contributed by atoms with Gasteiger partial charge < -0.3 is 24.6 Å². The Balaban J connectivity index is 1.55. The van der Waals surface area contributed by atoms with Crippen LogP contribution in [0.25, 0.3) is 0 Å². The third-order valence-corrected chi connectivity index (χ3v) is 2.92. The fourth-order valence-electron chi connectivity index (χ4n) is 1.96. The molecule has 0 amide bonds. The molecule has 0 aromatic rings. The molecule has 0 bridgehead atoms. The number of hydrogen-bond donors (Lipinski definition) is 2. The normalized spacial score (nSPS) is 31.5. The summed E-state index contributed by atoms with van der Waals surface area (Å²) in [7, 11) is 1.91. The first kappa shape index (κ1) is 12.3. The smallest absolute Gasteiger partial charge is 0.0835 e. The Bertz CT molecular complexity index is 196. The summed E-state index contributed by atoms with van der Waals surface area (Å²) in [5.74, 6) is 0. The van der Waals surface area contributed by atoms with Crippen LogP contribution < -0.4 is 0 Å². The minimum atomic E-state index is -0.359. The zero-order valence-electron chi connectivity index (χ0n) is 9.71. The number of likely N-dealkylation sites (N-methyl/N-ethyl adjacent to an activating group) is 1. The summed E-state index contributed by atoms with van der Waals surface area (Å²) in [6, 6.07) is 0. The lowest BCUT2D eigenvalue weighted by Crippen LogP contribution is -2.36. The van der Waals surface area contributed by atoms with E-state index in [1.165, 1.54) is 0 Å². The minimum absolute atomic E-state index is 0.258. The molecule has 0 spiro atoms. The highest BCUT2D eigenvalue weighted by atomic mass is 16.6. The van der Waals surface area contributed by atoms with Gasteiger partial charge in [-0.1, -0.05) is 0 Å². The lowest BCUT2D eigenvalue weighted by atomic mass is 10.1. The van der Waals surface area contributed by atoms with Crippen molar-refractivity contribution in [1.82, 2.24) is 4.90 Å². The van der Waals surface area contributed by atoms with E-state index in [0.717, 1.165) is 13.2 Å². The molecule has 16 heavy (non-hydrogen) atoms. The summed E-state index contributed by atoms with van der Waals surface area (Å²) < 4.78 is 10.1. The van der Waals surface area contributed by atoms with Crippen LogP contribution in [0.1, 0.15) is 12.8 Å². The maximum absolute atomic E-state index is 9.71. The van der Waals surface area contributed by atoms with E-state index in [-0.39, 0.29) is 24.4 Å². The zero-order valence-corrected chi connectivity index (χ0v) is 9.71. The van der Waals surface area contributed by atoms with Gasteiger partial charge in [0.1, 0.15) is 0 Å². The van der Waals surface area contributed by atoms with Crippen LogP contribution in [0.2, 0.25) is 0 Å². The molecule has 0 radical (unpaired) electrons. The van der Waals surface area contributed by atoms with E-state index in [0.29, 0.717) is 25.9 Å². The quantitative estimate of drug-likeness (QED) is 0.536. The van der Waals surface area contributed by atoms with Crippen molar-refractivity contribution in [3.63, 3.8) is 0 Å². The zero-order chi connectivity index (χ0) is 11.5. The summed E-state index contributed by atoms with van der Waals surface area (Å²) in [4.78, 5) is 1.96. The van der Waals surface area contributed by atoms with E-state index >= 15 is 0 Å². The van der Waals surface area contributed by atoms with Crippen LogP contribution in [0.15, 0.2) is 0 Å². The van der Waals surface area contributed by atoms with Gasteiger partial charge in [-0.05, 0) is 7.05 Å². The Hall–Kier alpha value is -0.200. The molecule has 5 nitrogen and oxygen atoms in total. The van der Waals surface area contributed by atoms with Gasteiger partial charge in [0.05, 0.1) is 37.6 Å². The maximum Gasteiger partial charge on any atom is 0.0835 e. The van der Waals surface area contributed by atoms with E-state index in [4.69, 9.17) is 9.47 Å². The topological polar surface area (TPSA) is 68.8 Å². The fraction of sp³-hybridized carbons (Fsp3) is 1.00. The van der Waals surface area contributed by atoms with Gasteiger partial charge in [0.2, 0.25) is 0 Å². The predicted molar refractivity (Wildman–Crippen MR) is 58.2 cm³/mol. The highest BCUT2D eigenvalue weighted by Crippen LogP contribution is 2.17. The lowest BCUT2D eigenvalue weighted by Gasteiger charge is -2.22. The Morgan fingerprint density at radius 3 is 1.75 bits per heavy atom. The van der Waals surface area contributed by atoms with Crippen molar-refractivity contribution in [1.29, 1.82) is 0 Å². The number of epoxide rings is 2. The molecule has 4 unspecified atom stereocenters. The number of aliphatic hydroxyl groups is 2. The van der Waals surface area contributed by atoms with Gasteiger partial charge >= 0.3 is 0 Å². The molecule has 0 aromatic heterocycles. The summed E-state index contributed by atoms with van der Waals surface area (Å²) in [5, 5.41) is 19.4. The Kier molecular flexibility index (Phi) is 4.16. The van der Waals surface area contributed by atoms with Crippen LogP contribution in [-0.4, -0.2) is 72.9 Å². The van der Waals surface area contributed by atoms with E-state index < -0.39 is 0 Å². The van der Waals surface area contributed by atoms with Gasteiger partial charge in [0.25, 0.3) is 0 Å². The summed E-state index contributed by atoms with van der Waals surface area (Å²) >= 11 is 0. The Labute approximate surface area is 96.0 Å². The molecule has 2 aliphatic rings.